The van der Waals surface area contributed by atoms with Crippen LogP contribution in [0.4, 0.5) is 5.69 Å². The lowest BCUT2D eigenvalue weighted by molar-refractivity contribution is -0.113. The van der Waals surface area contributed by atoms with E-state index in [1.54, 1.807) is 0 Å². The van der Waals surface area contributed by atoms with Gasteiger partial charge in [-0.1, -0.05) is 64.6 Å². The summed E-state index contributed by atoms with van der Waals surface area (Å²) in [5.74, 6) is 7.20. The Balaban J connectivity index is 2.01. The number of thioether (sulfide) groups is 1. The molecule has 0 bridgehead atoms. The zero-order chi connectivity index (χ0) is 17.9. The molecule has 0 aliphatic heterocycles. The van der Waals surface area contributed by atoms with E-state index in [-0.39, 0.29) is 17.1 Å². The molecular weight excluding hydrogens is 322 g/mol. The molecule has 2 rings (SSSR count). The molecule has 0 atom stereocenters. The van der Waals surface area contributed by atoms with E-state index in [9.17, 15) is 4.79 Å². The van der Waals surface area contributed by atoms with E-state index in [1.165, 1.54) is 16.4 Å². The molecule has 0 saturated heterocycles. The summed E-state index contributed by atoms with van der Waals surface area (Å²) < 4.78 is 1.46. The summed E-state index contributed by atoms with van der Waals surface area (Å²) in [4.78, 5) is 12.2. The molecule has 6 nitrogen and oxygen atoms in total. The second kappa shape index (κ2) is 7.25. The average Bonchev–Trinajstić information content (AvgIpc) is 2.86. The number of benzene rings is 1. The minimum atomic E-state index is -0.195. The predicted molar refractivity (Wildman–Crippen MR) is 98.8 cm³/mol. The summed E-state index contributed by atoms with van der Waals surface area (Å²) in [6, 6.07) is 7.84. The summed E-state index contributed by atoms with van der Waals surface area (Å²) in [6.07, 6.45) is 0. The van der Waals surface area contributed by atoms with Gasteiger partial charge >= 0.3 is 0 Å². The molecule has 0 radical (unpaired) electrons. The Bertz CT molecular complexity index is 718. The third kappa shape index (κ3) is 4.29. The SMILES string of the molecule is CC(C)c1ccccc1NC(=O)CSc1nnc(C(C)(C)C)n1N. The third-order valence-electron chi connectivity index (χ3n) is 3.52. The van der Waals surface area contributed by atoms with Crippen molar-refractivity contribution in [1.82, 2.24) is 14.9 Å². The summed E-state index contributed by atoms with van der Waals surface area (Å²) >= 11 is 1.28. The molecule has 0 aliphatic carbocycles. The first kappa shape index (κ1) is 18.3. The molecule has 0 fully saturated rings. The van der Waals surface area contributed by atoms with Crippen LogP contribution in [0.15, 0.2) is 29.4 Å². The molecular formula is C17H25N5OS. The fraction of sp³-hybridized carbons (Fsp3) is 0.471. The summed E-state index contributed by atoms with van der Waals surface area (Å²) in [6.45, 7) is 10.3. The lowest BCUT2D eigenvalue weighted by atomic mass is 9.96. The second-order valence-electron chi connectivity index (χ2n) is 7.00. The average molecular weight is 347 g/mol. The number of para-hydroxylation sites is 1. The van der Waals surface area contributed by atoms with Gasteiger partial charge in [0.1, 0.15) is 0 Å². The number of amides is 1. The molecule has 0 spiro atoms. The zero-order valence-corrected chi connectivity index (χ0v) is 15.6. The van der Waals surface area contributed by atoms with Gasteiger partial charge in [0.15, 0.2) is 5.82 Å². The Morgan fingerprint density at radius 1 is 1.29 bits per heavy atom. The van der Waals surface area contributed by atoms with Crippen LogP contribution in [0.5, 0.6) is 0 Å². The first-order valence-corrected chi connectivity index (χ1v) is 8.91. The van der Waals surface area contributed by atoms with E-state index in [0.717, 1.165) is 11.3 Å². The second-order valence-corrected chi connectivity index (χ2v) is 7.95. The van der Waals surface area contributed by atoms with Crippen molar-refractivity contribution in [2.24, 2.45) is 0 Å². The molecule has 2 aromatic rings. The van der Waals surface area contributed by atoms with Crippen molar-refractivity contribution in [2.45, 2.75) is 51.1 Å². The van der Waals surface area contributed by atoms with Crippen molar-refractivity contribution in [3.63, 3.8) is 0 Å². The number of anilines is 1. The fourth-order valence-electron chi connectivity index (χ4n) is 2.32. The zero-order valence-electron chi connectivity index (χ0n) is 14.8. The van der Waals surface area contributed by atoms with Crippen LogP contribution >= 0.6 is 11.8 Å². The minimum absolute atomic E-state index is 0.0894. The predicted octanol–water partition coefficient (Wildman–Crippen LogP) is 3.14. The Hall–Kier alpha value is -2.02. The van der Waals surface area contributed by atoms with E-state index in [1.807, 2.05) is 45.0 Å². The molecule has 1 heterocycles. The fourth-order valence-corrected chi connectivity index (χ4v) is 2.97. The summed E-state index contributed by atoms with van der Waals surface area (Å²) in [5, 5.41) is 11.7. The van der Waals surface area contributed by atoms with Crippen molar-refractivity contribution < 1.29 is 4.79 Å². The van der Waals surface area contributed by atoms with Crippen molar-refractivity contribution in [1.29, 1.82) is 0 Å². The lowest BCUT2D eigenvalue weighted by Crippen LogP contribution is -2.24. The Labute approximate surface area is 147 Å². The van der Waals surface area contributed by atoms with E-state index >= 15 is 0 Å². The molecule has 0 aliphatic rings. The van der Waals surface area contributed by atoms with Crippen LogP contribution in [0.3, 0.4) is 0 Å². The van der Waals surface area contributed by atoms with E-state index in [0.29, 0.717) is 16.9 Å². The molecule has 7 heteroatoms. The molecule has 1 aromatic heterocycles. The molecule has 0 saturated carbocycles. The number of nitrogens with zero attached hydrogens (tertiary/aromatic N) is 3. The van der Waals surface area contributed by atoms with Gasteiger partial charge in [0.25, 0.3) is 0 Å². The summed E-state index contributed by atoms with van der Waals surface area (Å²) in [7, 11) is 0. The van der Waals surface area contributed by atoms with Crippen molar-refractivity contribution in [3.05, 3.63) is 35.7 Å². The van der Waals surface area contributed by atoms with Crippen LogP contribution in [-0.4, -0.2) is 26.5 Å². The maximum atomic E-state index is 12.2. The lowest BCUT2D eigenvalue weighted by Gasteiger charge is -2.16. The molecule has 1 aromatic carbocycles. The van der Waals surface area contributed by atoms with Gasteiger partial charge in [0.05, 0.1) is 5.75 Å². The van der Waals surface area contributed by atoms with E-state index < -0.39 is 0 Å². The number of nitrogens with one attached hydrogen (secondary N) is 1. The van der Waals surface area contributed by atoms with Crippen LogP contribution in [0.2, 0.25) is 0 Å². The molecule has 0 unspecified atom stereocenters. The van der Waals surface area contributed by atoms with Crippen LogP contribution in [0, 0.1) is 0 Å². The third-order valence-corrected chi connectivity index (χ3v) is 4.47. The van der Waals surface area contributed by atoms with Gasteiger partial charge in [0, 0.05) is 11.1 Å². The Morgan fingerprint density at radius 3 is 2.54 bits per heavy atom. The largest absolute Gasteiger partial charge is 0.336 e. The quantitative estimate of drug-likeness (QED) is 0.641. The molecule has 1 amide bonds. The van der Waals surface area contributed by atoms with Gasteiger partial charge < -0.3 is 11.2 Å². The number of hydrogen-bond donors (Lipinski definition) is 2. The number of rotatable bonds is 5. The smallest absolute Gasteiger partial charge is 0.234 e. The number of nitrogens with two attached hydrogens (primary N) is 1. The van der Waals surface area contributed by atoms with Gasteiger partial charge in [0.2, 0.25) is 11.1 Å². The van der Waals surface area contributed by atoms with Gasteiger partial charge in [-0.15, -0.1) is 10.2 Å². The van der Waals surface area contributed by atoms with Gasteiger partial charge in [-0.2, -0.15) is 0 Å². The normalized spacial score (nSPS) is 11.8. The Morgan fingerprint density at radius 2 is 1.96 bits per heavy atom. The highest BCUT2D eigenvalue weighted by Crippen LogP contribution is 2.25. The van der Waals surface area contributed by atoms with Crippen molar-refractivity contribution in [2.75, 3.05) is 16.9 Å². The Kier molecular flexibility index (Phi) is 5.54. The minimum Gasteiger partial charge on any atom is -0.336 e. The molecule has 130 valence electrons. The maximum absolute atomic E-state index is 12.2. The monoisotopic (exact) mass is 347 g/mol. The highest BCUT2D eigenvalue weighted by Gasteiger charge is 2.23. The number of nitrogen functional groups attached to an aromatic ring is 1. The standard InChI is InChI=1S/C17H25N5OS/c1-11(2)12-8-6-7-9-13(12)19-14(23)10-24-16-21-20-15(22(16)18)17(3,4)5/h6-9,11H,10,18H2,1-5H3,(H,19,23). The number of carbonyl (C=O) groups excluding carboxylic acids is 1. The number of hydrogen-bond acceptors (Lipinski definition) is 5. The summed E-state index contributed by atoms with van der Waals surface area (Å²) in [5.41, 5.74) is 1.77. The topological polar surface area (TPSA) is 85.8 Å². The van der Waals surface area contributed by atoms with Gasteiger partial charge in [-0.05, 0) is 17.5 Å². The van der Waals surface area contributed by atoms with Crippen LogP contribution < -0.4 is 11.2 Å². The first-order chi connectivity index (χ1) is 11.2. The van der Waals surface area contributed by atoms with E-state index in [2.05, 4.69) is 29.4 Å². The first-order valence-electron chi connectivity index (χ1n) is 7.92. The van der Waals surface area contributed by atoms with Crippen LogP contribution in [0.25, 0.3) is 0 Å². The highest BCUT2D eigenvalue weighted by molar-refractivity contribution is 7.99. The molecule has 3 N–H and O–H groups in total. The number of aromatic nitrogens is 3. The van der Waals surface area contributed by atoms with Gasteiger partial charge in [-0.25, -0.2) is 4.68 Å². The van der Waals surface area contributed by atoms with E-state index in [4.69, 9.17) is 5.84 Å². The highest BCUT2D eigenvalue weighted by atomic mass is 32.2. The van der Waals surface area contributed by atoms with Crippen LogP contribution in [0.1, 0.15) is 51.9 Å². The van der Waals surface area contributed by atoms with Gasteiger partial charge in [-0.3, -0.25) is 4.79 Å². The number of carbonyl (C=O) groups is 1. The van der Waals surface area contributed by atoms with Crippen molar-refractivity contribution in [3.8, 4) is 0 Å². The maximum Gasteiger partial charge on any atom is 0.234 e. The van der Waals surface area contributed by atoms with Crippen LogP contribution in [-0.2, 0) is 10.2 Å². The molecule has 24 heavy (non-hydrogen) atoms. The van der Waals surface area contributed by atoms with Crippen molar-refractivity contribution >= 4 is 23.4 Å².